The Morgan fingerprint density at radius 2 is 2.00 bits per heavy atom. The van der Waals surface area contributed by atoms with Crippen molar-refractivity contribution in [2.45, 2.75) is 32.2 Å². The number of anilines is 1. The highest BCUT2D eigenvalue weighted by Gasteiger charge is 2.26. The number of hydrogen-bond donors (Lipinski definition) is 3. The summed E-state index contributed by atoms with van der Waals surface area (Å²) >= 11 is 0. The minimum atomic E-state index is -1.24. The molecule has 0 amide bonds. The summed E-state index contributed by atoms with van der Waals surface area (Å²) in [5, 5.41) is 16.7. The Labute approximate surface area is 125 Å². The number of carbonyl (C=O) groups is 1. The van der Waals surface area contributed by atoms with Crippen LogP contribution in [0.4, 0.5) is 5.69 Å². The van der Waals surface area contributed by atoms with E-state index in [1.54, 1.807) is 11.8 Å². The SMILES string of the molecule is CC(=N)N(CC#CCC[C@](C)(N)C(=O)O)c1ccccc1. The molecule has 1 aromatic carbocycles. The van der Waals surface area contributed by atoms with Gasteiger partial charge in [-0.05, 0) is 32.4 Å². The number of amidine groups is 1. The lowest BCUT2D eigenvalue weighted by Crippen LogP contribution is -2.44. The Kier molecular flexibility index (Phi) is 5.94. The second-order valence-electron chi connectivity index (χ2n) is 5.08. The van der Waals surface area contributed by atoms with E-state index in [1.165, 1.54) is 6.92 Å². The van der Waals surface area contributed by atoms with Crippen LogP contribution in [0, 0.1) is 17.3 Å². The lowest BCUT2D eigenvalue weighted by atomic mass is 9.98. The van der Waals surface area contributed by atoms with Crippen LogP contribution in [0.1, 0.15) is 26.7 Å². The molecule has 0 aliphatic carbocycles. The average molecular weight is 287 g/mol. The zero-order chi connectivity index (χ0) is 15.9. The number of carboxylic acids is 1. The van der Waals surface area contributed by atoms with Gasteiger partial charge in [-0.25, -0.2) is 0 Å². The largest absolute Gasteiger partial charge is 0.480 e. The topological polar surface area (TPSA) is 90.4 Å². The Hall–Kier alpha value is -2.32. The smallest absolute Gasteiger partial charge is 0.323 e. The van der Waals surface area contributed by atoms with Crippen molar-refractivity contribution < 1.29 is 9.90 Å². The highest BCUT2D eigenvalue weighted by atomic mass is 16.4. The Morgan fingerprint density at radius 3 is 2.52 bits per heavy atom. The van der Waals surface area contributed by atoms with Crippen LogP contribution in [-0.4, -0.2) is 29.0 Å². The van der Waals surface area contributed by atoms with E-state index in [9.17, 15) is 4.79 Å². The van der Waals surface area contributed by atoms with Gasteiger partial charge in [0.1, 0.15) is 5.54 Å². The number of nitrogens with two attached hydrogens (primary N) is 1. The van der Waals surface area contributed by atoms with E-state index >= 15 is 0 Å². The summed E-state index contributed by atoms with van der Waals surface area (Å²) in [4.78, 5) is 12.6. The molecule has 0 aromatic heterocycles. The van der Waals surface area contributed by atoms with Gasteiger partial charge in [0, 0.05) is 12.1 Å². The highest BCUT2D eigenvalue weighted by Crippen LogP contribution is 2.13. The van der Waals surface area contributed by atoms with Gasteiger partial charge in [-0.2, -0.15) is 0 Å². The molecule has 0 aliphatic heterocycles. The van der Waals surface area contributed by atoms with Crippen molar-refractivity contribution in [3.05, 3.63) is 30.3 Å². The van der Waals surface area contributed by atoms with Crippen molar-refractivity contribution in [3.63, 3.8) is 0 Å². The van der Waals surface area contributed by atoms with Crippen LogP contribution in [0.2, 0.25) is 0 Å². The normalized spacial score (nSPS) is 12.7. The summed E-state index contributed by atoms with van der Waals surface area (Å²) in [7, 11) is 0. The van der Waals surface area contributed by atoms with Gasteiger partial charge >= 0.3 is 5.97 Å². The predicted octanol–water partition coefficient (Wildman–Crippen LogP) is 2.08. The first kappa shape index (κ1) is 16.7. The van der Waals surface area contributed by atoms with Crippen LogP contribution < -0.4 is 10.6 Å². The molecule has 0 aliphatic rings. The van der Waals surface area contributed by atoms with Crippen LogP contribution in [0.25, 0.3) is 0 Å². The van der Waals surface area contributed by atoms with Crippen molar-refractivity contribution in [3.8, 4) is 11.8 Å². The molecule has 0 unspecified atom stereocenters. The molecule has 0 spiro atoms. The molecule has 1 aromatic rings. The van der Waals surface area contributed by atoms with Gasteiger partial charge in [0.05, 0.1) is 12.4 Å². The summed E-state index contributed by atoms with van der Waals surface area (Å²) in [6, 6.07) is 9.57. The van der Waals surface area contributed by atoms with Crippen molar-refractivity contribution in [2.24, 2.45) is 5.73 Å². The molecule has 0 saturated heterocycles. The second-order valence-corrected chi connectivity index (χ2v) is 5.08. The van der Waals surface area contributed by atoms with E-state index in [1.807, 2.05) is 30.3 Å². The first-order valence-corrected chi connectivity index (χ1v) is 6.70. The van der Waals surface area contributed by atoms with Crippen LogP contribution >= 0.6 is 0 Å². The van der Waals surface area contributed by atoms with Crippen molar-refractivity contribution >= 4 is 17.5 Å². The van der Waals surface area contributed by atoms with E-state index in [4.69, 9.17) is 16.2 Å². The Balaban J connectivity index is 2.59. The zero-order valence-corrected chi connectivity index (χ0v) is 12.4. The molecule has 5 heteroatoms. The van der Waals surface area contributed by atoms with Gasteiger partial charge in [0.2, 0.25) is 0 Å². The molecule has 0 radical (unpaired) electrons. The first-order chi connectivity index (χ1) is 9.84. The van der Waals surface area contributed by atoms with Crippen LogP contribution in [0.15, 0.2) is 30.3 Å². The van der Waals surface area contributed by atoms with Gasteiger partial charge in [-0.3, -0.25) is 10.2 Å². The maximum absolute atomic E-state index is 10.9. The number of hydrogen-bond acceptors (Lipinski definition) is 3. The third kappa shape index (κ3) is 5.28. The molecule has 112 valence electrons. The van der Waals surface area contributed by atoms with Crippen molar-refractivity contribution in [1.29, 1.82) is 5.41 Å². The molecule has 0 bridgehead atoms. The van der Waals surface area contributed by atoms with Crippen LogP contribution in [0.3, 0.4) is 0 Å². The lowest BCUT2D eigenvalue weighted by molar-refractivity contribution is -0.142. The second kappa shape index (κ2) is 7.46. The van der Waals surface area contributed by atoms with Gasteiger partial charge in [0.15, 0.2) is 0 Å². The molecule has 4 N–H and O–H groups in total. The van der Waals surface area contributed by atoms with Gasteiger partial charge in [-0.15, -0.1) is 5.92 Å². The Morgan fingerprint density at radius 1 is 1.38 bits per heavy atom. The van der Waals surface area contributed by atoms with E-state index in [0.717, 1.165) is 5.69 Å². The maximum atomic E-state index is 10.9. The standard InChI is InChI=1S/C16H21N3O2/c1-13(17)19(14-9-5-3-6-10-14)12-8-4-7-11-16(2,18)15(20)21/h3,5-6,9-10,17H,7,11-12,18H2,1-2H3,(H,20,21)/t16-/m0/s1. The Bertz CT molecular complexity index is 556. The predicted molar refractivity (Wildman–Crippen MR) is 84.4 cm³/mol. The molecule has 0 heterocycles. The van der Waals surface area contributed by atoms with Gasteiger partial charge < -0.3 is 15.7 Å². The maximum Gasteiger partial charge on any atom is 0.323 e. The summed E-state index contributed by atoms with van der Waals surface area (Å²) in [6.07, 6.45) is 0.712. The van der Waals surface area contributed by atoms with Crippen LogP contribution in [0.5, 0.6) is 0 Å². The fraction of sp³-hybridized carbons (Fsp3) is 0.375. The average Bonchev–Trinajstić information content (AvgIpc) is 2.43. The molecule has 1 rings (SSSR count). The van der Waals surface area contributed by atoms with Crippen LogP contribution in [-0.2, 0) is 4.79 Å². The minimum Gasteiger partial charge on any atom is -0.480 e. The molecule has 0 fully saturated rings. The molecular weight excluding hydrogens is 266 g/mol. The lowest BCUT2D eigenvalue weighted by Gasteiger charge is -2.20. The number of rotatable bonds is 5. The summed E-state index contributed by atoms with van der Waals surface area (Å²) < 4.78 is 0. The molecular formula is C16H21N3O2. The zero-order valence-electron chi connectivity index (χ0n) is 12.4. The summed E-state index contributed by atoms with van der Waals surface area (Å²) in [5.74, 6) is 5.27. The number of para-hydroxylation sites is 1. The monoisotopic (exact) mass is 287 g/mol. The third-order valence-corrected chi connectivity index (χ3v) is 3.09. The number of nitrogens with one attached hydrogen (secondary N) is 1. The number of carboxylic acid groups (broad SMARTS) is 1. The van der Waals surface area contributed by atoms with Crippen molar-refractivity contribution in [2.75, 3.05) is 11.4 Å². The fourth-order valence-corrected chi connectivity index (χ4v) is 1.66. The summed E-state index contributed by atoms with van der Waals surface area (Å²) in [6.45, 7) is 3.58. The quantitative estimate of drug-likeness (QED) is 0.439. The fourth-order valence-electron chi connectivity index (χ4n) is 1.66. The van der Waals surface area contributed by atoms with Gasteiger partial charge in [-0.1, -0.05) is 24.1 Å². The number of aliphatic carboxylic acids is 1. The number of benzene rings is 1. The molecule has 0 saturated carbocycles. The minimum absolute atomic E-state index is 0.296. The first-order valence-electron chi connectivity index (χ1n) is 6.70. The van der Waals surface area contributed by atoms with E-state index in [2.05, 4.69) is 11.8 Å². The van der Waals surface area contributed by atoms with Gasteiger partial charge in [0.25, 0.3) is 0 Å². The summed E-state index contributed by atoms with van der Waals surface area (Å²) in [5.41, 5.74) is 5.29. The van der Waals surface area contributed by atoms with Crippen molar-refractivity contribution in [1.82, 2.24) is 0 Å². The molecule has 1 atom stereocenters. The number of nitrogens with zero attached hydrogens (tertiary/aromatic N) is 1. The molecule has 5 nitrogen and oxygen atoms in total. The van der Waals surface area contributed by atoms with E-state index in [-0.39, 0.29) is 0 Å². The highest BCUT2D eigenvalue weighted by molar-refractivity contribution is 5.94. The third-order valence-electron chi connectivity index (χ3n) is 3.09. The van der Waals surface area contributed by atoms with E-state index < -0.39 is 11.5 Å². The van der Waals surface area contributed by atoms with E-state index in [0.29, 0.717) is 25.2 Å². The molecule has 21 heavy (non-hydrogen) atoms.